The van der Waals surface area contributed by atoms with E-state index in [-0.39, 0.29) is 0 Å². The molecule has 1 aliphatic heterocycles. The fraction of sp³-hybridized carbons (Fsp3) is 0.600. The molecule has 0 aliphatic carbocycles. The summed E-state index contributed by atoms with van der Waals surface area (Å²) in [5, 5.41) is 3.53. The van der Waals surface area contributed by atoms with Gasteiger partial charge in [-0.05, 0) is 42.3 Å². The molecule has 2 unspecified atom stereocenters. The summed E-state index contributed by atoms with van der Waals surface area (Å²) in [6, 6.07) is 9.18. The minimum Gasteiger partial charge on any atom is -0.316 e. The maximum atomic E-state index is 3.53. The second-order valence-corrected chi connectivity index (χ2v) is 5.19. The first kappa shape index (κ1) is 11.7. The van der Waals surface area contributed by atoms with Crippen LogP contribution in [0.25, 0.3) is 0 Å². The predicted molar refractivity (Wildman–Crippen MR) is 69.8 cm³/mol. The largest absolute Gasteiger partial charge is 0.316 e. The fourth-order valence-electron chi connectivity index (χ4n) is 2.70. The molecule has 0 amide bonds. The molecule has 0 spiro atoms. The van der Waals surface area contributed by atoms with Crippen molar-refractivity contribution in [2.45, 2.75) is 39.0 Å². The van der Waals surface area contributed by atoms with E-state index in [1.165, 1.54) is 36.9 Å². The first-order chi connectivity index (χ1) is 7.79. The second-order valence-electron chi connectivity index (χ2n) is 5.19. The standard InChI is InChI=1S/C15H23N/c1-3-5-13-6-4-7-14(9-13)15-8-12(2)10-16-11-15/h4,6-7,9,12,15-16H,3,5,8,10-11H2,1-2H3. The van der Waals surface area contributed by atoms with E-state index in [0.29, 0.717) is 0 Å². The molecule has 0 saturated carbocycles. The number of hydrogen-bond acceptors (Lipinski definition) is 1. The highest BCUT2D eigenvalue weighted by Crippen LogP contribution is 2.26. The topological polar surface area (TPSA) is 12.0 Å². The Labute approximate surface area is 99.3 Å². The molecule has 0 bridgehead atoms. The summed E-state index contributed by atoms with van der Waals surface area (Å²) in [6.07, 6.45) is 3.79. The normalized spacial score (nSPS) is 25.6. The quantitative estimate of drug-likeness (QED) is 0.818. The van der Waals surface area contributed by atoms with Crippen LogP contribution < -0.4 is 5.32 Å². The van der Waals surface area contributed by atoms with Crippen LogP contribution in [0.15, 0.2) is 24.3 Å². The lowest BCUT2D eigenvalue weighted by Crippen LogP contribution is -2.33. The number of nitrogens with one attached hydrogen (secondary N) is 1. The lowest BCUT2D eigenvalue weighted by atomic mass is 9.86. The smallest absolute Gasteiger partial charge is 0.00203 e. The minimum absolute atomic E-state index is 0.723. The average molecular weight is 217 g/mol. The number of aryl methyl sites for hydroxylation is 1. The van der Waals surface area contributed by atoms with Crippen molar-refractivity contribution in [1.82, 2.24) is 5.32 Å². The molecule has 1 heterocycles. The highest BCUT2D eigenvalue weighted by atomic mass is 14.9. The molecule has 1 heteroatoms. The first-order valence-corrected chi connectivity index (χ1v) is 6.59. The molecule has 0 radical (unpaired) electrons. The Morgan fingerprint density at radius 1 is 1.31 bits per heavy atom. The van der Waals surface area contributed by atoms with Crippen LogP contribution in [-0.2, 0) is 6.42 Å². The van der Waals surface area contributed by atoms with E-state index < -0.39 is 0 Å². The maximum absolute atomic E-state index is 3.53. The molecule has 1 fully saturated rings. The lowest BCUT2D eigenvalue weighted by Gasteiger charge is -2.28. The van der Waals surface area contributed by atoms with Gasteiger partial charge < -0.3 is 5.32 Å². The molecular weight excluding hydrogens is 194 g/mol. The zero-order chi connectivity index (χ0) is 11.4. The molecule has 1 N–H and O–H groups in total. The number of piperidine rings is 1. The summed E-state index contributed by atoms with van der Waals surface area (Å²) in [6.45, 7) is 6.93. The summed E-state index contributed by atoms with van der Waals surface area (Å²) >= 11 is 0. The molecular formula is C15H23N. The third-order valence-electron chi connectivity index (χ3n) is 3.53. The Morgan fingerprint density at radius 3 is 2.94 bits per heavy atom. The number of benzene rings is 1. The van der Waals surface area contributed by atoms with Crippen LogP contribution in [-0.4, -0.2) is 13.1 Å². The van der Waals surface area contributed by atoms with Crippen molar-refractivity contribution in [3.8, 4) is 0 Å². The summed E-state index contributed by atoms with van der Waals surface area (Å²) in [5.41, 5.74) is 3.03. The lowest BCUT2D eigenvalue weighted by molar-refractivity contribution is 0.364. The number of hydrogen-bond donors (Lipinski definition) is 1. The molecule has 2 atom stereocenters. The Kier molecular flexibility index (Phi) is 4.00. The molecule has 0 aromatic heterocycles. The summed E-state index contributed by atoms with van der Waals surface area (Å²) in [7, 11) is 0. The second kappa shape index (κ2) is 5.49. The van der Waals surface area contributed by atoms with Crippen molar-refractivity contribution in [3.05, 3.63) is 35.4 Å². The van der Waals surface area contributed by atoms with Gasteiger partial charge in [-0.25, -0.2) is 0 Å². The van der Waals surface area contributed by atoms with E-state index in [9.17, 15) is 0 Å². The van der Waals surface area contributed by atoms with Crippen molar-refractivity contribution < 1.29 is 0 Å². The van der Waals surface area contributed by atoms with Gasteiger partial charge in [0.2, 0.25) is 0 Å². The van der Waals surface area contributed by atoms with Gasteiger partial charge in [0.15, 0.2) is 0 Å². The molecule has 1 aromatic carbocycles. The van der Waals surface area contributed by atoms with Gasteiger partial charge in [0.1, 0.15) is 0 Å². The zero-order valence-corrected chi connectivity index (χ0v) is 10.5. The molecule has 1 nitrogen and oxygen atoms in total. The highest BCUT2D eigenvalue weighted by molar-refractivity contribution is 5.27. The average Bonchev–Trinajstić information content (AvgIpc) is 2.30. The van der Waals surface area contributed by atoms with Gasteiger partial charge in [0.05, 0.1) is 0 Å². The summed E-state index contributed by atoms with van der Waals surface area (Å²) in [4.78, 5) is 0. The number of rotatable bonds is 3. The van der Waals surface area contributed by atoms with Gasteiger partial charge in [-0.1, -0.05) is 44.5 Å². The molecule has 1 saturated heterocycles. The van der Waals surface area contributed by atoms with Crippen LogP contribution in [0, 0.1) is 5.92 Å². The fourth-order valence-corrected chi connectivity index (χ4v) is 2.70. The Bertz CT molecular complexity index is 332. The summed E-state index contributed by atoms with van der Waals surface area (Å²) < 4.78 is 0. The van der Waals surface area contributed by atoms with Crippen LogP contribution in [0.4, 0.5) is 0 Å². The van der Waals surface area contributed by atoms with Gasteiger partial charge in [-0.3, -0.25) is 0 Å². The van der Waals surface area contributed by atoms with Gasteiger partial charge in [0.25, 0.3) is 0 Å². The monoisotopic (exact) mass is 217 g/mol. The van der Waals surface area contributed by atoms with Gasteiger partial charge in [-0.15, -0.1) is 0 Å². The third kappa shape index (κ3) is 2.85. The Balaban J connectivity index is 2.09. The van der Waals surface area contributed by atoms with E-state index in [1.54, 1.807) is 0 Å². The molecule has 88 valence electrons. The molecule has 1 aliphatic rings. The van der Waals surface area contributed by atoms with E-state index in [0.717, 1.165) is 18.4 Å². The van der Waals surface area contributed by atoms with E-state index in [1.807, 2.05) is 0 Å². The van der Waals surface area contributed by atoms with Crippen molar-refractivity contribution in [2.75, 3.05) is 13.1 Å². The van der Waals surface area contributed by atoms with Crippen LogP contribution in [0.2, 0.25) is 0 Å². The molecule has 1 aromatic rings. The summed E-state index contributed by atoms with van der Waals surface area (Å²) in [5.74, 6) is 1.54. The molecule has 16 heavy (non-hydrogen) atoms. The van der Waals surface area contributed by atoms with Crippen LogP contribution in [0.1, 0.15) is 43.7 Å². The van der Waals surface area contributed by atoms with E-state index >= 15 is 0 Å². The Hall–Kier alpha value is -0.820. The highest BCUT2D eigenvalue weighted by Gasteiger charge is 2.19. The third-order valence-corrected chi connectivity index (χ3v) is 3.53. The Morgan fingerprint density at radius 2 is 2.19 bits per heavy atom. The van der Waals surface area contributed by atoms with Gasteiger partial charge in [0, 0.05) is 6.54 Å². The van der Waals surface area contributed by atoms with E-state index in [4.69, 9.17) is 0 Å². The van der Waals surface area contributed by atoms with Crippen molar-refractivity contribution in [1.29, 1.82) is 0 Å². The van der Waals surface area contributed by atoms with Crippen molar-refractivity contribution in [3.63, 3.8) is 0 Å². The van der Waals surface area contributed by atoms with Crippen molar-refractivity contribution >= 4 is 0 Å². The predicted octanol–water partition coefficient (Wildman–Crippen LogP) is 3.35. The zero-order valence-electron chi connectivity index (χ0n) is 10.5. The SMILES string of the molecule is CCCc1cccc(C2CNCC(C)C2)c1. The minimum atomic E-state index is 0.723. The first-order valence-electron chi connectivity index (χ1n) is 6.59. The van der Waals surface area contributed by atoms with Crippen LogP contribution in [0.5, 0.6) is 0 Å². The van der Waals surface area contributed by atoms with Crippen molar-refractivity contribution in [2.24, 2.45) is 5.92 Å². The maximum Gasteiger partial charge on any atom is 0.00203 e. The molecule has 2 rings (SSSR count). The van der Waals surface area contributed by atoms with Gasteiger partial charge >= 0.3 is 0 Å². The van der Waals surface area contributed by atoms with Crippen LogP contribution in [0.3, 0.4) is 0 Å². The van der Waals surface area contributed by atoms with Gasteiger partial charge in [-0.2, -0.15) is 0 Å². The van der Waals surface area contributed by atoms with Crippen LogP contribution >= 0.6 is 0 Å². The van der Waals surface area contributed by atoms with E-state index in [2.05, 4.69) is 43.4 Å².